The maximum atomic E-state index is 4.55. The Morgan fingerprint density at radius 2 is 1.93 bits per heavy atom. The molecule has 0 radical (unpaired) electrons. The van der Waals surface area contributed by atoms with Gasteiger partial charge in [0.15, 0.2) is 5.96 Å². The number of anilines is 1. The second-order valence-corrected chi connectivity index (χ2v) is 7.75. The van der Waals surface area contributed by atoms with Gasteiger partial charge in [-0.1, -0.05) is 18.2 Å². The number of guanidine groups is 1. The van der Waals surface area contributed by atoms with Gasteiger partial charge in [-0.15, -0.1) is 11.8 Å². The minimum atomic E-state index is 0.745. The first-order chi connectivity index (χ1) is 13.3. The molecule has 27 heavy (non-hydrogen) atoms. The number of thioether (sulfide) groups is 1. The molecule has 1 aliphatic rings. The molecule has 2 aromatic rings. The number of piperidine rings is 1. The first-order valence-electron chi connectivity index (χ1n) is 9.67. The lowest BCUT2D eigenvalue weighted by Crippen LogP contribution is -2.38. The monoisotopic (exact) mass is 383 g/mol. The van der Waals surface area contributed by atoms with Crippen LogP contribution in [0.4, 0.5) is 5.82 Å². The number of aliphatic imine (C=N–C) groups is 1. The Bertz CT molecular complexity index is 714. The van der Waals surface area contributed by atoms with Crippen LogP contribution in [0, 0.1) is 0 Å². The van der Waals surface area contributed by atoms with Crippen molar-refractivity contribution in [1.82, 2.24) is 15.6 Å². The van der Waals surface area contributed by atoms with Gasteiger partial charge in [0.2, 0.25) is 0 Å². The predicted molar refractivity (Wildman–Crippen MR) is 116 cm³/mol. The van der Waals surface area contributed by atoms with Crippen LogP contribution in [-0.4, -0.2) is 43.4 Å². The fourth-order valence-electron chi connectivity index (χ4n) is 3.13. The van der Waals surface area contributed by atoms with Crippen LogP contribution in [0.15, 0.2) is 58.5 Å². The topological polar surface area (TPSA) is 52.6 Å². The van der Waals surface area contributed by atoms with E-state index in [0.717, 1.165) is 43.7 Å². The standard InChI is InChI=1S/C21H29N5S/c1-22-21(24-12-15-27-19-8-4-2-5-9-19)25-17-18-10-11-23-20(16-18)26-13-6-3-7-14-26/h2,4-5,8-11,16H,3,6-7,12-15,17H2,1H3,(H2,22,24,25). The van der Waals surface area contributed by atoms with E-state index < -0.39 is 0 Å². The van der Waals surface area contributed by atoms with E-state index in [-0.39, 0.29) is 0 Å². The molecule has 144 valence electrons. The Balaban J connectivity index is 1.42. The van der Waals surface area contributed by atoms with Crippen molar-refractivity contribution in [2.45, 2.75) is 30.7 Å². The van der Waals surface area contributed by atoms with Gasteiger partial charge in [-0.3, -0.25) is 4.99 Å². The van der Waals surface area contributed by atoms with Crippen LogP contribution in [0.2, 0.25) is 0 Å². The van der Waals surface area contributed by atoms with E-state index >= 15 is 0 Å². The summed E-state index contributed by atoms with van der Waals surface area (Å²) in [6.45, 7) is 3.85. The van der Waals surface area contributed by atoms with Gasteiger partial charge in [-0.05, 0) is 49.1 Å². The van der Waals surface area contributed by atoms with E-state index in [4.69, 9.17) is 0 Å². The van der Waals surface area contributed by atoms with Gasteiger partial charge in [-0.25, -0.2) is 4.98 Å². The van der Waals surface area contributed by atoms with Crippen LogP contribution in [0.1, 0.15) is 24.8 Å². The molecule has 5 nitrogen and oxygen atoms in total. The van der Waals surface area contributed by atoms with Gasteiger partial charge >= 0.3 is 0 Å². The first kappa shape index (κ1) is 19.5. The number of pyridine rings is 1. The molecule has 6 heteroatoms. The van der Waals surface area contributed by atoms with Crippen molar-refractivity contribution in [2.75, 3.05) is 37.3 Å². The Kier molecular flexibility index (Phi) is 7.84. The SMILES string of the molecule is CN=C(NCCSc1ccccc1)NCc1ccnc(N2CCCCC2)c1. The number of nitrogens with one attached hydrogen (secondary N) is 2. The average molecular weight is 384 g/mol. The van der Waals surface area contributed by atoms with Crippen LogP contribution in [0.3, 0.4) is 0 Å². The molecule has 0 bridgehead atoms. The molecule has 0 unspecified atom stereocenters. The predicted octanol–water partition coefficient (Wildman–Crippen LogP) is 3.53. The van der Waals surface area contributed by atoms with Crippen LogP contribution >= 0.6 is 11.8 Å². The van der Waals surface area contributed by atoms with E-state index in [2.05, 4.69) is 61.9 Å². The molecule has 1 aliphatic heterocycles. The molecule has 0 aliphatic carbocycles. The summed E-state index contributed by atoms with van der Waals surface area (Å²) in [6, 6.07) is 14.7. The highest BCUT2D eigenvalue weighted by molar-refractivity contribution is 7.99. The summed E-state index contributed by atoms with van der Waals surface area (Å²) in [5.74, 6) is 2.93. The van der Waals surface area contributed by atoms with Crippen LogP contribution in [0.5, 0.6) is 0 Å². The summed E-state index contributed by atoms with van der Waals surface area (Å²) in [6.07, 6.45) is 5.78. The van der Waals surface area contributed by atoms with Crippen molar-refractivity contribution >= 4 is 23.5 Å². The molecule has 0 amide bonds. The zero-order valence-electron chi connectivity index (χ0n) is 16.0. The van der Waals surface area contributed by atoms with Gasteiger partial charge in [0, 0.05) is 50.1 Å². The van der Waals surface area contributed by atoms with E-state index in [0.29, 0.717) is 0 Å². The third kappa shape index (κ3) is 6.47. The lowest BCUT2D eigenvalue weighted by atomic mass is 10.1. The number of nitrogens with zero attached hydrogens (tertiary/aromatic N) is 3. The second kappa shape index (κ2) is 10.8. The van der Waals surface area contributed by atoms with Crippen molar-refractivity contribution in [3.63, 3.8) is 0 Å². The van der Waals surface area contributed by atoms with Crippen molar-refractivity contribution in [3.8, 4) is 0 Å². The van der Waals surface area contributed by atoms with E-state index in [1.807, 2.05) is 31.1 Å². The van der Waals surface area contributed by atoms with E-state index in [1.165, 1.54) is 29.7 Å². The summed E-state index contributed by atoms with van der Waals surface area (Å²) in [5.41, 5.74) is 1.23. The van der Waals surface area contributed by atoms with Crippen molar-refractivity contribution in [1.29, 1.82) is 0 Å². The zero-order chi connectivity index (χ0) is 18.7. The second-order valence-electron chi connectivity index (χ2n) is 6.58. The minimum absolute atomic E-state index is 0.745. The van der Waals surface area contributed by atoms with E-state index in [9.17, 15) is 0 Å². The largest absolute Gasteiger partial charge is 0.357 e. The molecule has 0 atom stereocenters. The molecule has 0 spiro atoms. The Morgan fingerprint density at radius 3 is 2.70 bits per heavy atom. The molecule has 2 N–H and O–H groups in total. The number of hydrogen-bond donors (Lipinski definition) is 2. The molecule has 1 saturated heterocycles. The molecular weight excluding hydrogens is 354 g/mol. The third-order valence-corrected chi connectivity index (χ3v) is 5.59. The maximum absolute atomic E-state index is 4.55. The Hall–Kier alpha value is -2.21. The third-order valence-electron chi connectivity index (χ3n) is 4.58. The summed E-state index contributed by atoms with van der Waals surface area (Å²) in [5, 5.41) is 6.78. The maximum Gasteiger partial charge on any atom is 0.191 e. The van der Waals surface area contributed by atoms with Gasteiger partial charge in [-0.2, -0.15) is 0 Å². The zero-order valence-corrected chi connectivity index (χ0v) is 16.8. The molecule has 0 saturated carbocycles. The van der Waals surface area contributed by atoms with E-state index in [1.54, 1.807) is 0 Å². The highest BCUT2D eigenvalue weighted by Crippen LogP contribution is 2.18. The quantitative estimate of drug-likeness (QED) is 0.332. The molecular formula is C21H29N5S. The number of aromatic nitrogens is 1. The normalized spacial score (nSPS) is 14.9. The highest BCUT2D eigenvalue weighted by atomic mass is 32.2. The van der Waals surface area contributed by atoms with Gasteiger partial charge < -0.3 is 15.5 Å². The lowest BCUT2D eigenvalue weighted by Gasteiger charge is -2.28. The van der Waals surface area contributed by atoms with Crippen LogP contribution in [-0.2, 0) is 6.54 Å². The molecule has 3 rings (SSSR count). The molecule has 1 aromatic carbocycles. The Labute approximate surface area is 166 Å². The fraction of sp³-hybridized carbons (Fsp3) is 0.429. The van der Waals surface area contributed by atoms with Crippen LogP contribution in [0.25, 0.3) is 0 Å². The molecule has 1 fully saturated rings. The van der Waals surface area contributed by atoms with Gasteiger partial charge in [0.1, 0.15) is 5.82 Å². The summed E-state index contributed by atoms with van der Waals surface area (Å²) in [4.78, 5) is 12.6. The lowest BCUT2D eigenvalue weighted by molar-refractivity contribution is 0.573. The smallest absolute Gasteiger partial charge is 0.191 e. The summed E-state index contributed by atoms with van der Waals surface area (Å²) >= 11 is 1.85. The average Bonchev–Trinajstić information content (AvgIpc) is 2.75. The highest BCUT2D eigenvalue weighted by Gasteiger charge is 2.12. The number of rotatable bonds is 7. The minimum Gasteiger partial charge on any atom is -0.357 e. The molecule has 1 aromatic heterocycles. The summed E-state index contributed by atoms with van der Waals surface area (Å²) < 4.78 is 0. The fourth-order valence-corrected chi connectivity index (χ4v) is 3.92. The van der Waals surface area contributed by atoms with Crippen molar-refractivity contribution in [2.24, 2.45) is 4.99 Å². The number of benzene rings is 1. The van der Waals surface area contributed by atoms with Crippen molar-refractivity contribution in [3.05, 3.63) is 54.2 Å². The van der Waals surface area contributed by atoms with Gasteiger partial charge in [0.05, 0.1) is 0 Å². The first-order valence-corrected chi connectivity index (χ1v) is 10.7. The summed E-state index contributed by atoms with van der Waals surface area (Å²) in [7, 11) is 1.81. The Morgan fingerprint density at radius 1 is 1.11 bits per heavy atom. The number of hydrogen-bond acceptors (Lipinski definition) is 4. The van der Waals surface area contributed by atoms with Crippen LogP contribution < -0.4 is 15.5 Å². The van der Waals surface area contributed by atoms with Crippen molar-refractivity contribution < 1.29 is 0 Å². The van der Waals surface area contributed by atoms with Gasteiger partial charge in [0.25, 0.3) is 0 Å². The molecule has 2 heterocycles.